The molecule has 0 aliphatic rings. The van der Waals surface area contributed by atoms with E-state index in [1.54, 1.807) is 7.11 Å². The lowest BCUT2D eigenvalue weighted by atomic mass is 10.1. The summed E-state index contributed by atoms with van der Waals surface area (Å²) in [4.78, 5) is 8.62. The molecule has 0 aliphatic carbocycles. The number of sulfonamides is 1. The number of hydrogen-bond donors (Lipinski definition) is 1. The first-order chi connectivity index (χ1) is 14.5. The zero-order valence-corrected chi connectivity index (χ0v) is 18.2. The fourth-order valence-corrected chi connectivity index (χ4v) is 4.76. The molecule has 3 rings (SSSR count). The van der Waals surface area contributed by atoms with Crippen LogP contribution in [0.1, 0.15) is 19.4 Å². The van der Waals surface area contributed by atoms with Gasteiger partial charge < -0.3 is 10.1 Å². The maximum absolute atomic E-state index is 12.4. The van der Waals surface area contributed by atoms with Gasteiger partial charge in [-0.2, -0.15) is 0 Å². The Labute approximate surface area is 177 Å². The number of rotatable bonds is 9. The van der Waals surface area contributed by atoms with Crippen molar-refractivity contribution in [1.29, 1.82) is 0 Å². The zero-order chi connectivity index (χ0) is 21.6. The first-order valence-corrected chi connectivity index (χ1v) is 11.4. The molecule has 0 aliphatic heterocycles. The van der Waals surface area contributed by atoms with Gasteiger partial charge in [0.1, 0.15) is 17.9 Å². The standard InChI is InChI=1S/C22H26N4O3S/c1-4-26(5-2)30(27,28)15-17-10-12-18(13-11-17)25-22-14-20(23-16-24-22)19-8-6-7-9-21(19)29-3/h6-14,16H,4-5,15H2,1-3H3,(H,23,24,25). The fraction of sp³-hybridized carbons (Fsp3) is 0.273. The minimum atomic E-state index is -3.31. The summed E-state index contributed by atoms with van der Waals surface area (Å²) in [5, 5.41) is 3.23. The highest BCUT2D eigenvalue weighted by atomic mass is 32.2. The van der Waals surface area contributed by atoms with Crippen molar-refractivity contribution in [2.24, 2.45) is 0 Å². The smallest absolute Gasteiger partial charge is 0.218 e. The number of para-hydroxylation sites is 1. The number of aromatic nitrogens is 2. The third-order valence-corrected chi connectivity index (χ3v) is 6.73. The van der Waals surface area contributed by atoms with Gasteiger partial charge in [0.2, 0.25) is 10.0 Å². The van der Waals surface area contributed by atoms with E-state index >= 15 is 0 Å². The number of anilines is 2. The van der Waals surface area contributed by atoms with Crippen LogP contribution in [0.4, 0.5) is 11.5 Å². The molecule has 0 bridgehead atoms. The SMILES string of the molecule is CCN(CC)S(=O)(=O)Cc1ccc(Nc2cc(-c3ccccc3OC)ncn2)cc1. The van der Waals surface area contributed by atoms with Gasteiger partial charge in [-0.1, -0.05) is 38.1 Å². The van der Waals surface area contributed by atoms with Crippen molar-refractivity contribution in [3.63, 3.8) is 0 Å². The predicted octanol–water partition coefficient (Wildman–Crippen LogP) is 4.07. The minimum Gasteiger partial charge on any atom is -0.496 e. The van der Waals surface area contributed by atoms with E-state index in [4.69, 9.17) is 4.74 Å². The van der Waals surface area contributed by atoms with Crippen LogP contribution in [0, 0.1) is 0 Å². The fourth-order valence-electron chi connectivity index (χ4n) is 3.18. The van der Waals surface area contributed by atoms with Crippen LogP contribution in [0.5, 0.6) is 5.75 Å². The Kier molecular flexibility index (Phi) is 7.02. The summed E-state index contributed by atoms with van der Waals surface area (Å²) in [5.41, 5.74) is 3.17. The number of ether oxygens (including phenoxy) is 1. The van der Waals surface area contributed by atoms with Gasteiger partial charge >= 0.3 is 0 Å². The molecule has 3 aromatic rings. The third-order valence-electron chi connectivity index (χ3n) is 4.72. The van der Waals surface area contributed by atoms with E-state index < -0.39 is 10.0 Å². The Balaban J connectivity index is 1.75. The molecule has 8 heteroatoms. The molecule has 0 amide bonds. The highest BCUT2D eigenvalue weighted by Gasteiger charge is 2.19. The molecule has 7 nitrogen and oxygen atoms in total. The van der Waals surface area contributed by atoms with Crippen molar-refractivity contribution in [1.82, 2.24) is 14.3 Å². The van der Waals surface area contributed by atoms with Gasteiger partial charge in [-0.25, -0.2) is 22.7 Å². The van der Waals surface area contributed by atoms with Crippen LogP contribution in [0.2, 0.25) is 0 Å². The van der Waals surface area contributed by atoms with E-state index in [0.29, 0.717) is 18.9 Å². The summed E-state index contributed by atoms with van der Waals surface area (Å²) in [6.45, 7) is 4.63. The summed E-state index contributed by atoms with van der Waals surface area (Å²) in [6, 6.07) is 16.8. The first-order valence-electron chi connectivity index (χ1n) is 9.76. The van der Waals surface area contributed by atoms with Gasteiger partial charge in [-0.3, -0.25) is 0 Å². The van der Waals surface area contributed by atoms with Gasteiger partial charge in [0.25, 0.3) is 0 Å². The van der Waals surface area contributed by atoms with Gasteiger partial charge in [-0.15, -0.1) is 0 Å². The Morgan fingerprint density at radius 1 is 1.00 bits per heavy atom. The van der Waals surface area contributed by atoms with E-state index in [2.05, 4.69) is 15.3 Å². The van der Waals surface area contributed by atoms with E-state index in [0.717, 1.165) is 28.3 Å². The molecule has 0 unspecified atom stereocenters. The minimum absolute atomic E-state index is 0.0135. The van der Waals surface area contributed by atoms with Gasteiger partial charge in [0, 0.05) is 30.4 Å². The van der Waals surface area contributed by atoms with Crippen LogP contribution in [0.25, 0.3) is 11.3 Å². The van der Waals surface area contributed by atoms with E-state index in [-0.39, 0.29) is 5.75 Å². The van der Waals surface area contributed by atoms with Crippen molar-refractivity contribution in [2.45, 2.75) is 19.6 Å². The van der Waals surface area contributed by atoms with Crippen molar-refractivity contribution < 1.29 is 13.2 Å². The number of methoxy groups -OCH3 is 1. The van der Waals surface area contributed by atoms with Crippen LogP contribution in [-0.4, -0.2) is 42.9 Å². The van der Waals surface area contributed by atoms with E-state index in [1.165, 1.54) is 10.6 Å². The molecule has 0 saturated heterocycles. The Bertz CT molecular complexity index is 1080. The van der Waals surface area contributed by atoms with Crippen LogP contribution in [-0.2, 0) is 15.8 Å². The topological polar surface area (TPSA) is 84.4 Å². The van der Waals surface area contributed by atoms with Crippen molar-refractivity contribution >= 4 is 21.5 Å². The van der Waals surface area contributed by atoms with Crippen molar-refractivity contribution in [2.75, 3.05) is 25.5 Å². The van der Waals surface area contributed by atoms with Crippen LogP contribution < -0.4 is 10.1 Å². The van der Waals surface area contributed by atoms with Gasteiger partial charge in [0.15, 0.2) is 0 Å². The number of hydrogen-bond acceptors (Lipinski definition) is 6. The second kappa shape index (κ2) is 9.69. The van der Waals surface area contributed by atoms with Crippen molar-refractivity contribution in [3.8, 4) is 17.0 Å². The molecule has 1 aromatic heterocycles. The number of nitrogens with one attached hydrogen (secondary N) is 1. The summed E-state index contributed by atoms with van der Waals surface area (Å²) >= 11 is 0. The van der Waals surface area contributed by atoms with Crippen molar-refractivity contribution in [3.05, 3.63) is 66.5 Å². The summed E-state index contributed by atoms with van der Waals surface area (Å²) in [6.07, 6.45) is 1.50. The molecule has 0 saturated carbocycles. The molecule has 158 valence electrons. The molecule has 1 N–H and O–H groups in total. The molecule has 1 heterocycles. The molecule has 0 fully saturated rings. The monoisotopic (exact) mass is 426 g/mol. The van der Waals surface area contributed by atoms with Crippen LogP contribution >= 0.6 is 0 Å². The van der Waals surface area contributed by atoms with E-state index in [9.17, 15) is 8.42 Å². The molecular formula is C22H26N4O3S. The summed E-state index contributed by atoms with van der Waals surface area (Å²) in [7, 11) is -1.68. The molecule has 0 atom stereocenters. The average molecular weight is 427 g/mol. The normalized spacial score (nSPS) is 11.5. The summed E-state index contributed by atoms with van der Waals surface area (Å²) in [5.74, 6) is 1.36. The van der Waals surface area contributed by atoms with Gasteiger partial charge in [-0.05, 0) is 29.8 Å². The lowest BCUT2D eigenvalue weighted by molar-refractivity contribution is 0.416. The molecule has 2 aromatic carbocycles. The molecule has 0 spiro atoms. The third kappa shape index (κ3) is 5.14. The lowest BCUT2D eigenvalue weighted by Gasteiger charge is -2.18. The molecule has 30 heavy (non-hydrogen) atoms. The molecular weight excluding hydrogens is 400 g/mol. The lowest BCUT2D eigenvalue weighted by Crippen LogP contribution is -2.31. The second-order valence-electron chi connectivity index (χ2n) is 6.65. The quantitative estimate of drug-likeness (QED) is 0.555. The molecule has 0 radical (unpaired) electrons. The Morgan fingerprint density at radius 3 is 2.37 bits per heavy atom. The maximum atomic E-state index is 12.4. The highest BCUT2D eigenvalue weighted by molar-refractivity contribution is 7.88. The zero-order valence-electron chi connectivity index (χ0n) is 17.4. The Hall–Kier alpha value is -2.97. The number of nitrogens with zero attached hydrogens (tertiary/aromatic N) is 3. The average Bonchev–Trinajstić information content (AvgIpc) is 2.75. The second-order valence-corrected chi connectivity index (χ2v) is 8.62. The summed E-state index contributed by atoms with van der Waals surface area (Å²) < 4.78 is 31.8. The van der Waals surface area contributed by atoms with Crippen LogP contribution in [0.15, 0.2) is 60.9 Å². The Morgan fingerprint density at radius 2 is 1.70 bits per heavy atom. The first kappa shape index (κ1) is 21.7. The van der Waals surface area contributed by atoms with Crippen LogP contribution in [0.3, 0.4) is 0 Å². The van der Waals surface area contributed by atoms with E-state index in [1.807, 2.05) is 68.4 Å². The number of benzene rings is 2. The maximum Gasteiger partial charge on any atom is 0.218 e. The predicted molar refractivity (Wildman–Crippen MR) is 119 cm³/mol. The largest absolute Gasteiger partial charge is 0.496 e. The highest BCUT2D eigenvalue weighted by Crippen LogP contribution is 2.29. The van der Waals surface area contributed by atoms with Gasteiger partial charge in [0.05, 0.1) is 18.6 Å².